The summed E-state index contributed by atoms with van der Waals surface area (Å²) >= 11 is 5.85. The van der Waals surface area contributed by atoms with Crippen LogP contribution in [0.5, 0.6) is 5.75 Å². The third-order valence-corrected chi connectivity index (χ3v) is 3.38. The fourth-order valence-corrected chi connectivity index (χ4v) is 2.21. The molecule has 6 nitrogen and oxygen atoms in total. The molecule has 1 unspecified atom stereocenters. The molecule has 114 valence electrons. The number of hydrogen-bond donors (Lipinski definition) is 1. The van der Waals surface area contributed by atoms with Crippen LogP contribution in [0.3, 0.4) is 0 Å². The number of halogens is 1. The van der Waals surface area contributed by atoms with Crippen LogP contribution in [0, 0.1) is 0 Å². The Morgan fingerprint density at radius 3 is 2.67 bits per heavy atom. The molecule has 0 aliphatic carbocycles. The lowest BCUT2D eigenvalue weighted by Gasteiger charge is -2.29. The summed E-state index contributed by atoms with van der Waals surface area (Å²) in [7, 11) is 0. The average Bonchev–Trinajstić information content (AvgIpc) is 2.47. The number of nitrogens with zero attached hydrogens (tertiary/aromatic N) is 1. The minimum atomic E-state index is -1.13. The van der Waals surface area contributed by atoms with Crippen LogP contribution in [-0.2, 0) is 9.53 Å². The number of ether oxygens (including phenoxy) is 2. The van der Waals surface area contributed by atoms with Crippen molar-refractivity contribution in [1.29, 1.82) is 0 Å². The van der Waals surface area contributed by atoms with Gasteiger partial charge in [0.1, 0.15) is 11.3 Å². The Kier molecular flexibility index (Phi) is 5.03. The van der Waals surface area contributed by atoms with Crippen molar-refractivity contribution < 1.29 is 24.2 Å². The van der Waals surface area contributed by atoms with Gasteiger partial charge in [-0.2, -0.15) is 0 Å². The van der Waals surface area contributed by atoms with Gasteiger partial charge in [0, 0.05) is 18.1 Å². The largest absolute Gasteiger partial charge is 0.480 e. The van der Waals surface area contributed by atoms with Crippen molar-refractivity contribution in [3.63, 3.8) is 0 Å². The molecule has 0 saturated carbocycles. The highest BCUT2D eigenvalue weighted by Gasteiger charge is 2.25. The molecule has 1 N–H and O–H groups in total. The summed E-state index contributed by atoms with van der Waals surface area (Å²) in [5, 5.41) is 9.47. The highest BCUT2D eigenvalue weighted by atomic mass is 35.5. The zero-order valence-corrected chi connectivity index (χ0v) is 12.3. The Morgan fingerprint density at radius 2 is 2.05 bits per heavy atom. The van der Waals surface area contributed by atoms with E-state index < -0.39 is 12.1 Å². The first kappa shape index (κ1) is 15.6. The van der Waals surface area contributed by atoms with Gasteiger partial charge in [-0.1, -0.05) is 11.6 Å². The maximum atomic E-state index is 12.2. The minimum absolute atomic E-state index is 0.0268. The summed E-state index contributed by atoms with van der Waals surface area (Å²) in [6.07, 6.45) is -0.792. The third-order valence-electron chi connectivity index (χ3n) is 3.15. The van der Waals surface area contributed by atoms with Crippen molar-refractivity contribution in [2.75, 3.05) is 26.3 Å². The van der Waals surface area contributed by atoms with Crippen molar-refractivity contribution in [2.45, 2.75) is 13.0 Å². The van der Waals surface area contributed by atoms with Gasteiger partial charge in [-0.05, 0) is 25.1 Å². The summed E-state index contributed by atoms with van der Waals surface area (Å²) < 4.78 is 10.7. The molecule has 1 heterocycles. The SMILES string of the molecule is CC(Oc1cc(Cl)ccc1C(=O)O)C(=O)N1CCOCC1. The molecule has 7 heteroatoms. The number of aromatic carboxylic acids is 1. The van der Waals surface area contributed by atoms with Crippen LogP contribution >= 0.6 is 11.6 Å². The lowest BCUT2D eigenvalue weighted by atomic mass is 10.2. The number of carboxylic acid groups (broad SMARTS) is 1. The van der Waals surface area contributed by atoms with Gasteiger partial charge >= 0.3 is 5.97 Å². The molecule has 1 aliphatic heterocycles. The Morgan fingerprint density at radius 1 is 1.38 bits per heavy atom. The van der Waals surface area contributed by atoms with Crippen molar-refractivity contribution in [3.05, 3.63) is 28.8 Å². The number of rotatable bonds is 4. The molecule has 1 fully saturated rings. The molecule has 1 aromatic rings. The standard InChI is InChI=1S/C14H16ClNO5/c1-9(13(17)16-4-6-20-7-5-16)21-12-8-10(15)2-3-11(12)14(18)19/h2-3,8-9H,4-7H2,1H3,(H,18,19). The Hall–Kier alpha value is -1.79. The summed E-state index contributed by atoms with van der Waals surface area (Å²) in [6, 6.07) is 4.21. The van der Waals surface area contributed by atoms with E-state index in [1.807, 2.05) is 0 Å². The van der Waals surface area contributed by atoms with E-state index in [-0.39, 0.29) is 17.2 Å². The van der Waals surface area contributed by atoms with E-state index in [0.717, 1.165) is 0 Å². The molecular weight excluding hydrogens is 298 g/mol. The van der Waals surface area contributed by atoms with Gasteiger partial charge in [0.05, 0.1) is 13.2 Å². The van der Waals surface area contributed by atoms with Gasteiger partial charge in [-0.15, -0.1) is 0 Å². The van der Waals surface area contributed by atoms with Crippen molar-refractivity contribution in [3.8, 4) is 5.75 Å². The Balaban J connectivity index is 2.11. The second-order valence-electron chi connectivity index (χ2n) is 4.64. The molecule has 1 aliphatic rings. The lowest BCUT2D eigenvalue weighted by molar-refractivity contribution is -0.142. The molecule has 1 atom stereocenters. The van der Waals surface area contributed by atoms with Crippen LogP contribution < -0.4 is 4.74 Å². The summed E-state index contributed by atoms with van der Waals surface area (Å²) in [6.45, 7) is 3.60. The summed E-state index contributed by atoms with van der Waals surface area (Å²) in [4.78, 5) is 25.0. The van der Waals surface area contributed by atoms with Crippen LogP contribution in [0.2, 0.25) is 5.02 Å². The number of carbonyl (C=O) groups is 2. The molecule has 0 radical (unpaired) electrons. The van der Waals surface area contributed by atoms with E-state index in [1.54, 1.807) is 11.8 Å². The maximum absolute atomic E-state index is 12.2. The normalized spacial score (nSPS) is 16.4. The van der Waals surface area contributed by atoms with Crippen LogP contribution in [-0.4, -0.2) is 54.3 Å². The van der Waals surface area contributed by atoms with Crippen molar-refractivity contribution in [2.24, 2.45) is 0 Å². The van der Waals surface area contributed by atoms with Crippen LogP contribution in [0.25, 0.3) is 0 Å². The summed E-state index contributed by atoms with van der Waals surface area (Å²) in [5.41, 5.74) is -0.0268. The zero-order valence-electron chi connectivity index (χ0n) is 11.5. The van der Waals surface area contributed by atoms with Crippen molar-refractivity contribution in [1.82, 2.24) is 4.90 Å². The van der Waals surface area contributed by atoms with E-state index in [9.17, 15) is 9.59 Å². The second kappa shape index (κ2) is 6.78. The molecule has 1 amide bonds. The van der Waals surface area contributed by atoms with E-state index >= 15 is 0 Å². The van der Waals surface area contributed by atoms with Gasteiger partial charge < -0.3 is 19.5 Å². The number of morpholine rings is 1. The fourth-order valence-electron chi connectivity index (χ4n) is 2.05. The maximum Gasteiger partial charge on any atom is 0.339 e. The monoisotopic (exact) mass is 313 g/mol. The number of carbonyl (C=O) groups excluding carboxylic acids is 1. The number of hydrogen-bond acceptors (Lipinski definition) is 4. The van der Waals surface area contributed by atoms with Gasteiger partial charge in [0.25, 0.3) is 5.91 Å². The third kappa shape index (κ3) is 3.86. The smallest absolute Gasteiger partial charge is 0.339 e. The second-order valence-corrected chi connectivity index (χ2v) is 5.08. The minimum Gasteiger partial charge on any atom is -0.480 e. The van der Waals surface area contributed by atoms with Crippen LogP contribution in [0.1, 0.15) is 17.3 Å². The van der Waals surface area contributed by atoms with Crippen molar-refractivity contribution >= 4 is 23.5 Å². The van der Waals surface area contributed by atoms with E-state index in [1.165, 1.54) is 18.2 Å². The Bertz CT molecular complexity index is 542. The molecule has 1 saturated heterocycles. The zero-order chi connectivity index (χ0) is 15.4. The quantitative estimate of drug-likeness (QED) is 0.915. The topological polar surface area (TPSA) is 76.1 Å². The molecule has 2 rings (SSSR count). The average molecular weight is 314 g/mol. The molecule has 21 heavy (non-hydrogen) atoms. The van der Waals surface area contributed by atoms with Gasteiger partial charge in [0.15, 0.2) is 6.10 Å². The molecular formula is C14H16ClNO5. The first-order valence-electron chi connectivity index (χ1n) is 6.55. The molecule has 0 spiro atoms. The predicted octanol–water partition coefficient (Wildman–Crippen LogP) is 1.66. The molecule has 0 aromatic heterocycles. The first-order chi connectivity index (χ1) is 9.99. The van der Waals surface area contributed by atoms with Crippen LogP contribution in [0.15, 0.2) is 18.2 Å². The van der Waals surface area contributed by atoms with E-state index in [2.05, 4.69) is 0 Å². The number of carboxylic acids is 1. The fraction of sp³-hybridized carbons (Fsp3) is 0.429. The van der Waals surface area contributed by atoms with E-state index in [4.69, 9.17) is 26.2 Å². The lowest BCUT2D eigenvalue weighted by Crippen LogP contribution is -2.46. The molecule has 0 bridgehead atoms. The van der Waals surface area contributed by atoms with Gasteiger partial charge in [-0.25, -0.2) is 4.79 Å². The first-order valence-corrected chi connectivity index (χ1v) is 6.93. The van der Waals surface area contributed by atoms with Gasteiger partial charge in [-0.3, -0.25) is 4.79 Å². The highest BCUT2D eigenvalue weighted by Crippen LogP contribution is 2.25. The molecule has 1 aromatic carbocycles. The Labute approximate surface area is 127 Å². The number of benzene rings is 1. The van der Waals surface area contributed by atoms with E-state index in [0.29, 0.717) is 31.3 Å². The number of amides is 1. The summed E-state index contributed by atoms with van der Waals surface area (Å²) in [5.74, 6) is -1.24. The highest BCUT2D eigenvalue weighted by molar-refractivity contribution is 6.30. The van der Waals surface area contributed by atoms with Crippen LogP contribution in [0.4, 0.5) is 0 Å². The van der Waals surface area contributed by atoms with Gasteiger partial charge in [0.2, 0.25) is 0 Å². The predicted molar refractivity (Wildman–Crippen MR) is 75.9 cm³/mol.